The Bertz CT molecular complexity index is 1080. The molecular formula is C31H38O. The summed E-state index contributed by atoms with van der Waals surface area (Å²) in [5.74, 6) is 0. The molecule has 1 unspecified atom stereocenters. The number of benzene rings is 3. The summed E-state index contributed by atoms with van der Waals surface area (Å²) in [7, 11) is 0. The molecule has 1 atom stereocenters. The SMILES string of the molecule is Cc1cccc(C(c2cccc(C)c2C)(c2ccc(C)c(C)c2C)C2CCCCO2)c1C. The van der Waals surface area contributed by atoms with Crippen molar-refractivity contribution in [3.8, 4) is 0 Å². The molecule has 0 aliphatic carbocycles. The van der Waals surface area contributed by atoms with E-state index in [2.05, 4.69) is 97.0 Å². The molecular weight excluding hydrogens is 388 g/mol. The lowest BCUT2D eigenvalue weighted by atomic mass is 9.60. The molecule has 1 nitrogen and oxygen atoms in total. The smallest absolute Gasteiger partial charge is 0.0753 e. The zero-order chi connectivity index (χ0) is 23.0. The van der Waals surface area contributed by atoms with Crippen LogP contribution in [0.15, 0.2) is 48.5 Å². The molecule has 32 heavy (non-hydrogen) atoms. The van der Waals surface area contributed by atoms with E-state index in [1.165, 1.54) is 62.1 Å². The lowest BCUT2D eigenvalue weighted by Crippen LogP contribution is -2.47. The van der Waals surface area contributed by atoms with Crippen molar-refractivity contribution in [2.45, 2.75) is 79.2 Å². The zero-order valence-electron chi connectivity index (χ0n) is 20.9. The van der Waals surface area contributed by atoms with Crippen LogP contribution in [0.1, 0.15) is 74.9 Å². The van der Waals surface area contributed by atoms with Crippen LogP contribution in [0.25, 0.3) is 0 Å². The van der Waals surface area contributed by atoms with E-state index in [1.807, 2.05) is 0 Å². The molecule has 0 spiro atoms. The van der Waals surface area contributed by atoms with E-state index in [1.54, 1.807) is 0 Å². The summed E-state index contributed by atoms with van der Waals surface area (Å²) in [4.78, 5) is 0. The molecule has 3 aromatic carbocycles. The number of hydrogen-bond donors (Lipinski definition) is 0. The van der Waals surface area contributed by atoms with Crippen molar-refractivity contribution in [2.75, 3.05) is 6.61 Å². The van der Waals surface area contributed by atoms with E-state index in [4.69, 9.17) is 4.74 Å². The van der Waals surface area contributed by atoms with Crippen LogP contribution in [0.3, 0.4) is 0 Å². The predicted octanol–water partition coefficient (Wildman–Crippen LogP) is 7.75. The maximum absolute atomic E-state index is 6.72. The number of rotatable bonds is 4. The molecule has 0 amide bonds. The summed E-state index contributed by atoms with van der Waals surface area (Å²) < 4.78 is 6.72. The van der Waals surface area contributed by atoms with E-state index >= 15 is 0 Å². The first kappa shape index (κ1) is 22.8. The van der Waals surface area contributed by atoms with Crippen molar-refractivity contribution < 1.29 is 4.74 Å². The van der Waals surface area contributed by atoms with Gasteiger partial charge in [0, 0.05) is 6.61 Å². The fourth-order valence-electron chi connectivity index (χ4n) is 5.78. The van der Waals surface area contributed by atoms with E-state index in [9.17, 15) is 0 Å². The average molecular weight is 427 g/mol. The Balaban J connectivity index is 2.21. The minimum Gasteiger partial charge on any atom is -0.377 e. The van der Waals surface area contributed by atoms with E-state index in [0.717, 1.165) is 19.4 Å². The summed E-state index contributed by atoms with van der Waals surface area (Å²) in [5.41, 5.74) is 13.4. The highest BCUT2D eigenvalue weighted by atomic mass is 16.5. The van der Waals surface area contributed by atoms with Gasteiger partial charge in [0.1, 0.15) is 0 Å². The van der Waals surface area contributed by atoms with Crippen molar-refractivity contribution in [1.29, 1.82) is 0 Å². The molecule has 0 N–H and O–H groups in total. The van der Waals surface area contributed by atoms with Gasteiger partial charge in [0.15, 0.2) is 0 Å². The molecule has 1 saturated heterocycles. The van der Waals surface area contributed by atoms with Crippen LogP contribution in [0.2, 0.25) is 0 Å². The van der Waals surface area contributed by atoms with Crippen molar-refractivity contribution in [3.63, 3.8) is 0 Å². The van der Waals surface area contributed by atoms with Crippen LogP contribution >= 0.6 is 0 Å². The number of hydrogen-bond acceptors (Lipinski definition) is 1. The van der Waals surface area contributed by atoms with Gasteiger partial charge < -0.3 is 4.74 Å². The van der Waals surface area contributed by atoms with Gasteiger partial charge in [0.05, 0.1) is 11.5 Å². The van der Waals surface area contributed by atoms with Crippen LogP contribution in [0.4, 0.5) is 0 Å². The Morgan fingerprint density at radius 2 is 1.12 bits per heavy atom. The Morgan fingerprint density at radius 3 is 1.66 bits per heavy atom. The summed E-state index contributed by atoms with van der Waals surface area (Å²) in [6, 6.07) is 18.4. The summed E-state index contributed by atoms with van der Waals surface area (Å²) in [6.07, 6.45) is 3.55. The van der Waals surface area contributed by atoms with Gasteiger partial charge in [-0.2, -0.15) is 0 Å². The second-order valence-corrected chi connectivity index (χ2v) is 9.84. The Morgan fingerprint density at radius 1 is 0.594 bits per heavy atom. The molecule has 1 aliphatic rings. The van der Waals surface area contributed by atoms with Crippen LogP contribution in [0.5, 0.6) is 0 Å². The third-order valence-corrected chi connectivity index (χ3v) is 8.20. The molecule has 0 bridgehead atoms. The third-order valence-electron chi connectivity index (χ3n) is 8.20. The van der Waals surface area contributed by atoms with Gasteiger partial charge in [-0.3, -0.25) is 0 Å². The highest BCUT2D eigenvalue weighted by Gasteiger charge is 2.48. The number of ether oxygens (including phenoxy) is 1. The first-order valence-corrected chi connectivity index (χ1v) is 12.1. The van der Waals surface area contributed by atoms with Gasteiger partial charge in [0.2, 0.25) is 0 Å². The number of aryl methyl sites for hydroxylation is 3. The van der Waals surface area contributed by atoms with Gasteiger partial charge in [-0.1, -0.05) is 48.5 Å². The molecule has 0 radical (unpaired) electrons. The monoisotopic (exact) mass is 426 g/mol. The van der Waals surface area contributed by atoms with Gasteiger partial charge in [-0.25, -0.2) is 0 Å². The van der Waals surface area contributed by atoms with E-state index < -0.39 is 0 Å². The van der Waals surface area contributed by atoms with Gasteiger partial charge in [0.25, 0.3) is 0 Å². The fraction of sp³-hybridized carbons (Fsp3) is 0.419. The maximum atomic E-state index is 6.72. The molecule has 0 aromatic heterocycles. The molecule has 168 valence electrons. The maximum Gasteiger partial charge on any atom is 0.0753 e. The molecule has 1 heteroatoms. The van der Waals surface area contributed by atoms with E-state index in [-0.39, 0.29) is 11.5 Å². The summed E-state index contributed by atoms with van der Waals surface area (Å²) in [6.45, 7) is 16.7. The highest BCUT2D eigenvalue weighted by molar-refractivity contribution is 5.61. The van der Waals surface area contributed by atoms with Crippen LogP contribution in [0, 0.1) is 48.5 Å². The minimum absolute atomic E-state index is 0.109. The Kier molecular flexibility index (Phi) is 6.32. The standard InChI is InChI=1S/C31H38O/c1-20-12-10-14-27(24(20)5)31(30-16-8-9-19-32-30,28-15-11-13-21(2)25(28)6)29-18-17-22(3)23(4)26(29)7/h10-15,17-18,30H,8-9,16,19H2,1-7H3. The molecule has 4 rings (SSSR count). The van der Waals surface area contributed by atoms with Gasteiger partial charge in [-0.05, 0) is 123 Å². The topological polar surface area (TPSA) is 9.23 Å². The van der Waals surface area contributed by atoms with Gasteiger partial charge >= 0.3 is 0 Å². The highest BCUT2D eigenvalue weighted by Crippen LogP contribution is 2.50. The zero-order valence-corrected chi connectivity index (χ0v) is 20.9. The lowest BCUT2D eigenvalue weighted by molar-refractivity contribution is -0.0141. The molecule has 1 heterocycles. The average Bonchev–Trinajstić information content (AvgIpc) is 2.79. The lowest BCUT2D eigenvalue weighted by Gasteiger charge is -2.46. The largest absolute Gasteiger partial charge is 0.377 e. The normalized spacial score (nSPS) is 16.9. The van der Waals surface area contributed by atoms with Crippen LogP contribution in [-0.4, -0.2) is 12.7 Å². The van der Waals surface area contributed by atoms with Crippen LogP contribution in [-0.2, 0) is 10.2 Å². The molecule has 0 saturated carbocycles. The van der Waals surface area contributed by atoms with Crippen molar-refractivity contribution >= 4 is 0 Å². The quantitative estimate of drug-likeness (QED) is 0.388. The third kappa shape index (κ3) is 3.52. The molecule has 1 fully saturated rings. The van der Waals surface area contributed by atoms with E-state index in [0.29, 0.717) is 0 Å². The van der Waals surface area contributed by atoms with Gasteiger partial charge in [-0.15, -0.1) is 0 Å². The van der Waals surface area contributed by atoms with Crippen molar-refractivity contribution in [3.05, 3.63) is 104 Å². The van der Waals surface area contributed by atoms with Crippen molar-refractivity contribution in [1.82, 2.24) is 0 Å². The first-order chi connectivity index (χ1) is 15.3. The minimum atomic E-state index is -0.338. The second-order valence-electron chi connectivity index (χ2n) is 9.84. The summed E-state index contributed by atoms with van der Waals surface area (Å²) in [5, 5.41) is 0. The molecule has 1 aliphatic heterocycles. The summed E-state index contributed by atoms with van der Waals surface area (Å²) >= 11 is 0. The predicted molar refractivity (Wildman–Crippen MR) is 136 cm³/mol. The fourth-order valence-corrected chi connectivity index (χ4v) is 5.78. The first-order valence-electron chi connectivity index (χ1n) is 12.1. The van der Waals surface area contributed by atoms with Crippen LogP contribution < -0.4 is 0 Å². The Hall–Kier alpha value is -2.38. The molecule has 3 aromatic rings. The second kappa shape index (κ2) is 8.87. The Labute approximate surface area is 194 Å². The van der Waals surface area contributed by atoms with Crippen molar-refractivity contribution in [2.24, 2.45) is 0 Å².